The van der Waals surface area contributed by atoms with Gasteiger partial charge in [-0.05, 0) is 92.3 Å². The number of aromatic nitrogens is 2. The molecule has 4 aromatic rings. The average Bonchev–Trinajstić information content (AvgIpc) is 3.23. The van der Waals surface area contributed by atoms with Crippen LogP contribution in [0.2, 0.25) is 0 Å². The molecule has 0 amide bonds. The monoisotopic (exact) mass is 570 g/mol. The minimum absolute atomic E-state index is 0.115. The predicted octanol–water partition coefficient (Wildman–Crippen LogP) is 8.80. The van der Waals surface area contributed by atoms with E-state index in [4.69, 9.17) is 4.78 Å². The summed E-state index contributed by atoms with van der Waals surface area (Å²) in [6.45, 7) is 1.97. The fourth-order valence-electron chi connectivity index (χ4n) is 4.90. The van der Waals surface area contributed by atoms with Crippen LogP contribution in [0.15, 0.2) is 82.8 Å². The van der Waals surface area contributed by atoms with Crippen molar-refractivity contribution in [1.29, 1.82) is 4.78 Å². The Labute approximate surface area is 217 Å². The summed E-state index contributed by atoms with van der Waals surface area (Å²) in [6, 6.07) is 13.8. The molecule has 38 heavy (non-hydrogen) atoms. The molecule has 1 unspecified atom stereocenters. The standard InChI is InChI=1S/C26H27F5N4OS2/c1-18-16-33-26-15-4-20(17-35(18)26)19-2-9-23(10-3-19)37(32,36)24-11-5-21(6-12-24)34-22-7-13-25(14-8-22)38(27,28,29,30)31/h2-4,7-10,13-17,21,24,32,34H,5-6,11-12H2,1H3. The predicted molar refractivity (Wildman–Crippen MR) is 142 cm³/mol. The maximum absolute atomic E-state index is 13.5. The highest BCUT2D eigenvalue weighted by atomic mass is 32.5. The Morgan fingerprint density at radius 2 is 1.50 bits per heavy atom. The van der Waals surface area contributed by atoms with Gasteiger partial charge in [-0.1, -0.05) is 31.6 Å². The summed E-state index contributed by atoms with van der Waals surface area (Å²) in [7, 11) is -12.8. The second kappa shape index (κ2) is 8.44. The lowest BCUT2D eigenvalue weighted by atomic mass is 9.95. The van der Waals surface area contributed by atoms with E-state index in [0.29, 0.717) is 48.4 Å². The van der Waals surface area contributed by atoms with Gasteiger partial charge in [-0.3, -0.25) is 0 Å². The first kappa shape index (κ1) is 26.5. The van der Waals surface area contributed by atoms with Crippen molar-refractivity contribution in [3.05, 3.63) is 78.8 Å². The highest BCUT2D eigenvalue weighted by molar-refractivity contribution is 8.45. The molecule has 5 nitrogen and oxygen atoms in total. The number of pyridine rings is 1. The summed E-state index contributed by atoms with van der Waals surface area (Å²) in [5, 5.41) is 2.72. The minimum atomic E-state index is -9.70. The molecule has 12 heteroatoms. The molecule has 0 radical (unpaired) electrons. The number of benzene rings is 2. The summed E-state index contributed by atoms with van der Waals surface area (Å²) < 4.78 is 88.8. The summed E-state index contributed by atoms with van der Waals surface area (Å²) in [5.41, 5.74) is 4.08. The normalized spacial score (nSPS) is 21.8. The Balaban J connectivity index is 1.23. The number of fused-ring (bicyclic) bond motifs is 1. The highest BCUT2D eigenvalue weighted by Crippen LogP contribution is 3.02. The minimum Gasteiger partial charge on any atom is -0.382 e. The van der Waals surface area contributed by atoms with Gasteiger partial charge in [0.05, 0.1) is 9.73 Å². The Bertz CT molecular complexity index is 1590. The van der Waals surface area contributed by atoms with E-state index in [2.05, 4.69) is 10.3 Å². The Kier molecular flexibility index (Phi) is 5.88. The second-order valence-electron chi connectivity index (χ2n) is 9.78. The van der Waals surface area contributed by atoms with Crippen LogP contribution >= 0.6 is 10.2 Å². The molecule has 1 aliphatic carbocycles. The van der Waals surface area contributed by atoms with Gasteiger partial charge in [-0.25, -0.2) is 14.0 Å². The third-order valence-electron chi connectivity index (χ3n) is 7.04. The lowest BCUT2D eigenvalue weighted by Crippen LogP contribution is -2.32. The van der Waals surface area contributed by atoms with Gasteiger partial charge in [-0.2, -0.15) is 0 Å². The largest absolute Gasteiger partial charge is 0.382 e. The van der Waals surface area contributed by atoms with E-state index < -0.39 is 24.8 Å². The number of hydrogen-bond acceptors (Lipinski definition) is 4. The lowest BCUT2D eigenvalue weighted by Gasteiger charge is -2.40. The summed E-state index contributed by atoms with van der Waals surface area (Å²) in [4.78, 5) is 2.87. The maximum Gasteiger partial charge on any atom is 0.310 e. The molecule has 2 aromatic carbocycles. The number of hydrogen-bond donors (Lipinski definition) is 2. The van der Waals surface area contributed by atoms with E-state index in [9.17, 15) is 23.6 Å². The van der Waals surface area contributed by atoms with Crippen LogP contribution in [0, 0.1) is 11.7 Å². The van der Waals surface area contributed by atoms with Gasteiger partial charge in [0.15, 0.2) is 0 Å². The van der Waals surface area contributed by atoms with Crippen LogP contribution in [0.3, 0.4) is 0 Å². The zero-order chi connectivity index (χ0) is 27.4. The molecule has 1 atom stereocenters. The van der Waals surface area contributed by atoms with Crippen LogP contribution < -0.4 is 5.32 Å². The molecule has 1 fully saturated rings. The van der Waals surface area contributed by atoms with Gasteiger partial charge in [-0.15, -0.1) is 0 Å². The van der Waals surface area contributed by atoms with Crippen LogP contribution in [0.25, 0.3) is 16.8 Å². The van der Waals surface area contributed by atoms with E-state index in [1.54, 1.807) is 18.3 Å². The van der Waals surface area contributed by atoms with Crippen molar-refractivity contribution in [2.24, 2.45) is 0 Å². The summed E-state index contributed by atoms with van der Waals surface area (Å²) >= 11 is 0. The van der Waals surface area contributed by atoms with E-state index in [1.807, 2.05) is 41.8 Å². The first-order valence-electron chi connectivity index (χ1n) is 12.0. The Hall–Kier alpha value is -3.12. The molecule has 1 saturated carbocycles. The van der Waals surface area contributed by atoms with Gasteiger partial charge in [0, 0.05) is 40.0 Å². The fourth-order valence-corrected chi connectivity index (χ4v) is 7.41. The van der Waals surface area contributed by atoms with Crippen molar-refractivity contribution in [1.82, 2.24) is 9.38 Å². The van der Waals surface area contributed by atoms with Crippen LogP contribution in [-0.2, 0) is 9.73 Å². The highest BCUT2D eigenvalue weighted by Gasteiger charge is 2.65. The molecule has 0 aliphatic heterocycles. The first-order valence-corrected chi connectivity index (χ1v) is 15.6. The Morgan fingerprint density at radius 3 is 2.11 bits per heavy atom. The third-order valence-corrected chi connectivity index (χ3v) is 10.6. The topological polar surface area (TPSA) is 70.2 Å². The number of nitrogens with one attached hydrogen (secondary N) is 2. The van der Waals surface area contributed by atoms with Crippen molar-refractivity contribution in [2.75, 3.05) is 5.32 Å². The fraction of sp³-hybridized carbons (Fsp3) is 0.269. The van der Waals surface area contributed by atoms with E-state index in [-0.39, 0.29) is 11.3 Å². The van der Waals surface area contributed by atoms with Crippen LogP contribution in [-0.4, -0.2) is 24.9 Å². The van der Waals surface area contributed by atoms with Crippen molar-refractivity contribution in [3.8, 4) is 11.1 Å². The summed E-state index contributed by atoms with van der Waals surface area (Å²) in [6.07, 6.45) is 5.91. The zero-order valence-corrected chi connectivity index (χ0v) is 22.1. The number of nitrogens with zero attached hydrogens (tertiary/aromatic N) is 2. The van der Waals surface area contributed by atoms with Gasteiger partial charge in [0.1, 0.15) is 10.5 Å². The summed E-state index contributed by atoms with van der Waals surface area (Å²) in [5.74, 6) is 0. The Morgan fingerprint density at radius 1 is 0.895 bits per heavy atom. The number of aryl methyl sites for hydroxylation is 1. The van der Waals surface area contributed by atoms with Crippen molar-refractivity contribution in [3.63, 3.8) is 0 Å². The van der Waals surface area contributed by atoms with E-state index >= 15 is 0 Å². The van der Waals surface area contributed by atoms with Gasteiger partial charge in [0.2, 0.25) is 0 Å². The molecule has 2 aromatic heterocycles. The van der Waals surface area contributed by atoms with Gasteiger partial charge < -0.3 is 9.72 Å². The number of anilines is 1. The molecule has 0 saturated heterocycles. The first-order chi connectivity index (χ1) is 17.6. The number of halogens is 5. The SMILES string of the molecule is Cc1cnc2ccc(-c3ccc(S(=N)(=O)C4CCC(Nc5ccc(S(F)(F)(F)(F)F)cc5)CC4)cc3)cn12. The van der Waals surface area contributed by atoms with Crippen molar-refractivity contribution in [2.45, 2.75) is 53.7 Å². The average molecular weight is 571 g/mol. The zero-order valence-electron chi connectivity index (χ0n) is 20.4. The van der Waals surface area contributed by atoms with Crippen LogP contribution in [0.4, 0.5) is 25.1 Å². The second-order valence-corrected chi connectivity index (χ2v) is 14.5. The van der Waals surface area contributed by atoms with Gasteiger partial charge >= 0.3 is 10.2 Å². The molecule has 2 N–H and O–H groups in total. The number of imidazole rings is 1. The van der Waals surface area contributed by atoms with Crippen molar-refractivity contribution >= 4 is 31.3 Å². The quantitative estimate of drug-likeness (QED) is 0.228. The molecule has 2 heterocycles. The third kappa shape index (κ3) is 5.37. The van der Waals surface area contributed by atoms with Crippen LogP contribution in [0.5, 0.6) is 0 Å². The molecule has 1 aliphatic rings. The molecule has 0 spiro atoms. The smallest absolute Gasteiger partial charge is 0.310 e. The molecule has 0 bridgehead atoms. The lowest BCUT2D eigenvalue weighted by molar-refractivity contribution is 0.364. The van der Waals surface area contributed by atoms with Crippen molar-refractivity contribution < 1.29 is 23.6 Å². The van der Waals surface area contributed by atoms with Crippen LogP contribution in [0.1, 0.15) is 31.4 Å². The van der Waals surface area contributed by atoms with Gasteiger partial charge in [0.25, 0.3) is 0 Å². The molecular formula is C26H27F5N4OS2. The van der Waals surface area contributed by atoms with E-state index in [1.165, 1.54) is 0 Å². The molecular weight excluding hydrogens is 543 g/mol. The number of rotatable bonds is 6. The molecule has 204 valence electrons. The maximum atomic E-state index is 13.5. The van der Waals surface area contributed by atoms with E-state index in [0.717, 1.165) is 34.6 Å². The molecule has 5 rings (SSSR count).